The second-order valence-electron chi connectivity index (χ2n) is 9.58. The summed E-state index contributed by atoms with van der Waals surface area (Å²) in [5.74, 6) is -2.47. The van der Waals surface area contributed by atoms with Crippen LogP contribution in [0.15, 0.2) is 72.6 Å². The molecule has 1 atom stereocenters. The number of Topliss-reactive ketones (excluding diaryl/α,β-unsaturated/α-hetero) is 1. The van der Waals surface area contributed by atoms with Gasteiger partial charge in [0.25, 0.3) is 11.7 Å². The van der Waals surface area contributed by atoms with Crippen LogP contribution in [0.3, 0.4) is 0 Å². The van der Waals surface area contributed by atoms with Crippen LogP contribution in [0.4, 0.5) is 4.39 Å². The Morgan fingerprint density at radius 3 is 2.38 bits per heavy atom. The van der Waals surface area contributed by atoms with Gasteiger partial charge in [0, 0.05) is 30.1 Å². The van der Waals surface area contributed by atoms with Gasteiger partial charge in [-0.25, -0.2) is 4.39 Å². The lowest BCUT2D eigenvalue weighted by molar-refractivity contribution is -0.140. The van der Waals surface area contributed by atoms with Crippen LogP contribution in [0.1, 0.15) is 54.6 Å². The molecular formula is C28H27FN2O3. The van der Waals surface area contributed by atoms with Crippen molar-refractivity contribution in [2.45, 2.75) is 45.7 Å². The number of amides is 1. The number of rotatable bonds is 4. The normalized spacial score (nSPS) is 17.9. The van der Waals surface area contributed by atoms with Gasteiger partial charge in [-0.15, -0.1) is 0 Å². The van der Waals surface area contributed by atoms with Gasteiger partial charge in [-0.3, -0.25) is 14.6 Å². The Morgan fingerprint density at radius 1 is 1.06 bits per heavy atom. The molecule has 1 aromatic heterocycles. The van der Waals surface area contributed by atoms with Crippen LogP contribution in [-0.2, 0) is 21.5 Å². The predicted octanol–water partition coefficient (Wildman–Crippen LogP) is 5.45. The number of benzene rings is 2. The van der Waals surface area contributed by atoms with Crippen molar-refractivity contribution in [3.63, 3.8) is 0 Å². The molecule has 1 fully saturated rings. The van der Waals surface area contributed by atoms with Gasteiger partial charge in [0.05, 0.1) is 11.6 Å². The zero-order valence-electron chi connectivity index (χ0n) is 19.7. The first-order valence-electron chi connectivity index (χ1n) is 11.1. The fourth-order valence-corrected chi connectivity index (χ4v) is 4.24. The first-order chi connectivity index (χ1) is 16.1. The third-order valence-electron chi connectivity index (χ3n) is 6.20. The van der Waals surface area contributed by atoms with E-state index in [-0.39, 0.29) is 28.9 Å². The summed E-state index contributed by atoms with van der Waals surface area (Å²) in [5, 5.41) is 11.4. The van der Waals surface area contributed by atoms with E-state index in [9.17, 15) is 19.1 Å². The van der Waals surface area contributed by atoms with Gasteiger partial charge in [-0.05, 0) is 53.3 Å². The number of aryl methyl sites for hydroxylation is 1. The molecule has 1 N–H and O–H groups in total. The Morgan fingerprint density at radius 2 is 1.74 bits per heavy atom. The van der Waals surface area contributed by atoms with Crippen molar-refractivity contribution in [3.05, 3.63) is 106 Å². The smallest absolute Gasteiger partial charge is 0.295 e. The van der Waals surface area contributed by atoms with E-state index < -0.39 is 23.5 Å². The molecule has 0 spiro atoms. The number of pyridine rings is 1. The molecular weight excluding hydrogens is 431 g/mol. The Bertz CT molecular complexity index is 1290. The molecule has 2 heterocycles. The maximum absolute atomic E-state index is 15.0. The maximum atomic E-state index is 15.0. The lowest BCUT2D eigenvalue weighted by Crippen LogP contribution is -2.29. The molecule has 1 amide bonds. The van der Waals surface area contributed by atoms with Crippen LogP contribution in [-0.4, -0.2) is 26.7 Å². The van der Waals surface area contributed by atoms with E-state index in [1.54, 1.807) is 36.7 Å². The summed E-state index contributed by atoms with van der Waals surface area (Å²) in [6, 6.07) is 14.1. The number of likely N-dealkylation sites (tertiary alicyclic amines) is 1. The average molecular weight is 459 g/mol. The lowest BCUT2D eigenvalue weighted by Gasteiger charge is -2.26. The molecule has 1 aliphatic rings. The van der Waals surface area contributed by atoms with Crippen molar-refractivity contribution in [2.75, 3.05) is 0 Å². The van der Waals surface area contributed by atoms with E-state index in [2.05, 4.69) is 25.8 Å². The van der Waals surface area contributed by atoms with Gasteiger partial charge in [-0.2, -0.15) is 0 Å². The summed E-state index contributed by atoms with van der Waals surface area (Å²) in [4.78, 5) is 31.7. The number of carbonyl (C=O) groups is 2. The van der Waals surface area contributed by atoms with Crippen LogP contribution in [0.25, 0.3) is 5.76 Å². The molecule has 6 heteroatoms. The SMILES string of the molecule is Cc1ccc(C(C)(C)C)cc1/C(O)=C1\C(=O)C(=O)N(Cc2ccncc2)C1c1ccccc1F. The zero-order valence-corrected chi connectivity index (χ0v) is 19.7. The van der Waals surface area contributed by atoms with Crippen LogP contribution in [0, 0.1) is 12.7 Å². The van der Waals surface area contributed by atoms with Gasteiger partial charge in [-0.1, -0.05) is 51.1 Å². The van der Waals surface area contributed by atoms with Crippen molar-refractivity contribution in [1.82, 2.24) is 9.88 Å². The van der Waals surface area contributed by atoms with E-state index in [0.29, 0.717) is 5.56 Å². The highest BCUT2D eigenvalue weighted by atomic mass is 19.1. The van der Waals surface area contributed by atoms with E-state index in [4.69, 9.17) is 0 Å². The van der Waals surface area contributed by atoms with Gasteiger partial charge in [0.15, 0.2) is 0 Å². The monoisotopic (exact) mass is 458 g/mol. The fourth-order valence-electron chi connectivity index (χ4n) is 4.24. The summed E-state index contributed by atoms with van der Waals surface area (Å²) >= 11 is 0. The third kappa shape index (κ3) is 4.23. The molecule has 2 aromatic carbocycles. The number of aliphatic hydroxyl groups excluding tert-OH is 1. The largest absolute Gasteiger partial charge is 0.507 e. The lowest BCUT2D eigenvalue weighted by atomic mass is 9.84. The number of hydrogen-bond donors (Lipinski definition) is 1. The van der Waals surface area contributed by atoms with Crippen molar-refractivity contribution in [3.8, 4) is 0 Å². The maximum Gasteiger partial charge on any atom is 0.295 e. The molecule has 3 aromatic rings. The molecule has 1 unspecified atom stereocenters. The zero-order chi connectivity index (χ0) is 24.6. The van der Waals surface area contributed by atoms with Crippen molar-refractivity contribution < 1.29 is 19.1 Å². The second-order valence-corrected chi connectivity index (χ2v) is 9.58. The van der Waals surface area contributed by atoms with Crippen LogP contribution < -0.4 is 0 Å². The first-order valence-corrected chi connectivity index (χ1v) is 11.1. The molecule has 4 rings (SSSR count). The van der Waals surface area contributed by atoms with Crippen LogP contribution in [0.5, 0.6) is 0 Å². The minimum Gasteiger partial charge on any atom is -0.507 e. The van der Waals surface area contributed by atoms with E-state index in [1.807, 2.05) is 25.1 Å². The summed E-state index contributed by atoms with van der Waals surface area (Å²) < 4.78 is 15.0. The molecule has 0 saturated carbocycles. The van der Waals surface area contributed by atoms with E-state index in [1.165, 1.54) is 17.0 Å². The summed E-state index contributed by atoms with van der Waals surface area (Å²) in [7, 11) is 0. The minimum atomic E-state index is -1.06. The minimum absolute atomic E-state index is 0.0733. The number of aliphatic hydroxyl groups is 1. The van der Waals surface area contributed by atoms with Crippen molar-refractivity contribution in [1.29, 1.82) is 0 Å². The molecule has 0 radical (unpaired) electrons. The molecule has 1 saturated heterocycles. The first kappa shape index (κ1) is 23.4. The predicted molar refractivity (Wildman–Crippen MR) is 128 cm³/mol. The van der Waals surface area contributed by atoms with Crippen molar-refractivity contribution >= 4 is 17.4 Å². The molecule has 34 heavy (non-hydrogen) atoms. The van der Waals surface area contributed by atoms with Gasteiger partial charge in [0.2, 0.25) is 0 Å². The molecule has 0 aliphatic carbocycles. The van der Waals surface area contributed by atoms with Crippen LogP contribution in [0.2, 0.25) is 0 Å². The van der Waals surface area contributed by atoms with E-state index >= 15 is 0 Å². The fraction of sp³-hybridized carbons (Fsp3) is 0.250. The highest BCUT2D eigenvalue weighted by Crippen LogP contribution is 2.42. The van der Waals surface area contributed by atoms with Crippen molar-refractivity contribution in [2.24, 2.45) is 0 Å². The second kappa shape index (κ2) is 8.86. The number of ketones is 1. The number of hydrogen-bond acceptors (Lipinski definition) is 4. The Hall–Kier alpha value is -3.80. The van der Waals surface area contributed by atoms with Gasteiger partial charge in [0.1, 0.15) is 11.6 Å². The molecule has 1 aliphatic heterocycles. The van der Waals surface area contributed by atoms with E-state index in [0.717, 1.165) is 16.7 Å². The summed E-state index contributed by atoms with van der Waals surface area (Å²) in [6.45, 7) is 8.05. The Labute approximate surface area is 198 Å². The summed E-state index contributed by atoms with van der Waals surface area (Å²) in [5.41, 5.74) is 2.76. The number of aromatic nitrogens is 1. The standard InChI is InChI=1S/C28H27FN2O3/c1-17-9-10-19(28(2,3)4)15-21(17)25(32)23-24(20-7-5-6-8-22(20)29)31(27(34)26(23)33)16-18-11-13-30-14-12-18/h5-15,24,32H,16H2,1-4H3/b25-23+. The topological polar surface area (TPSA) is 70.5 Å². The van der Waals surface area contributed by atoms with Crippen LogP contribution >= 0.6 is 0 Å². The molecule has 5 nitrogen and oxygen atoms in total. The van der Waals surface area contributed by atoms with Gasteiger partial charge >= 0.3 is 0 Å². The molecule has 174 valence electrons. The Kier molecular flexibility index (Phi) is 6.09. The third-order valence-corrected chi connectivity index (χ3v) is 6.20. The quantitative estimate of drug-likeness (QED) is 0.321. The number of carbonyl (C=O) groups excluding carboxylic acids is 2. The highest BCUT2D eigenvalue weighted by molar-refractivity contribution is 6.46. The van der Waals surface area contributed by atoms with Gasteiger partial charge < -0.3 is 10.0 Å². The number of halogens is 1. The Balaban J connectivity index is 1.93. The molecule has 0 bridgehead atoms. The number of nitrogens with zero attached hydrogens (tertiary/aromatic N) is 2. The average Bonchev–Trinajstić information content (AvgIpc) is 3.04. The highest BCUT2D eigenvalue weighted by Gasteiger charge is 2.47. The summed E-state index contributed by atoms with van der Waals surface area (Å²) in [6.07, 6.45) is 3.18.